The summed E-state index contributed by atoms with van der Waals surface area (Å²) in [6, 6.07) is 11.3. The van der Waals surface area contributed by atoms with E-state index in [1.807, 2.05) is 0 Å². The SMILES string of the molecule is COc1c(O[C@@H]2O[C@@H](C)[C@H](O)[C@@H](O[C@@H]3O[C@H](CO)[C@@H](O)[C@H](O)[C@H]3O)[C@@H]2O)cc2oc(-c3ccccc3)cc(=O)c2c1O. The van der Waals surface area contributed by atoms with Crippen LogP contribution in [0, 0.1) is 0 Å². The molecule has 7 N–H and O–H groups in total. The number of fused-ring (bicyclic) bond motifs is 1. The number of aliphatic hydroxyl groups is 6. The maximum absolute atomic E-state index is 12.9. The summed E-state index contributed by atoms with van der Waals surface area (Å²) in [6.07, 6.45) is -15.5. The first-order chi connectivity index (χ1) is 20.0. The molecule has 42 heavy (non-hydrogen) atoms. The number of aliphatic hydroxyl groups excluding tert-OH is 6. The largest absolute Gasteiger partial charge is 0.504 e. The minimum atomic E-state index is -1.79. The zero-order valence-electron chi connectivity index (χ0n) is 22.5. The fourth-order valence-corrected chi connectivity index (χ4v) is 5.01. The van der Waals surface area contributed by atoms with E-state index in [1.165, 1.54) is 26.2 Å². The van der Waals surface area contributed by atoms with Crippen LogP contribution in [0.15, 0.2) is 51.7 Å². The molecule has 0 saturated carbocycles. The third-order valence-electron chi connectivity index (χ3n) is 7.34. The predicted molar refractivity (Wildman–Crippen MR) is 142 cm³/mol. The molecule has 2 aromatic carbocycles. The second-order valence-corrected chi connectivity index (χ2v) is 10.1. The quantitative estimate of drug-likeness (QED) is 0.179. The highest BCUT2D eigenvalue weighted by Crippen LogP contribution is 2.43. The van der Waals surface area contributed by atoms with Gasteiger partial charge in [-0.15, -0.1) is 0 Å². The van der Waals surface area contributed by atoms with Crippen LogP contribution < -0.4 is 14.9 Å². The molecule has 228 valence electrons. The van der Waals surface area contributed by atoms with Crippen LogP contribution in [0.25, 0.3) is 22.3 Å². The van der Waals surface area contributed by atoms with E-state index in [9.17, 15) is 40.5 Å². The lowest BCUT2D eigenvalue weighted by Gasteiger charge is -2.45. The molecule has 10 atom stereocenters. The lowest BCUT2D eigenvalue weighted by molar-refractivity contribution is -0.350. The van der Waals surface area contributed by atoms with Gasteiger partial charge in [0.05, 0.1) is 19.8 Å². The Balaban J connectivity index is 1.46. The lowest BCUT2D eigenvalue weighted by Crippen LogP contribution is -2.64. The maximum atomic E-state index is 12.9. The molecule has 0 bridgehead atoms. The highest BCUT2D eigenvalue weighted by Gasteiger charge is 2.50. The Morgan fingerprint density at radius 3 is 2.26 bits per heavy atom. The van der Waals surface area contributed by atoms with Gasteiger partial charge in [-0.1, -0.05) is 30.3 Å². The summed E-state index contributed by atoms with van der Waals surface area (Å²) in [7, 11) is 1.23. The second kappa shape index (κ2) is 12.1. The number of hydrogen-bond acceptors (Lipinski definition) is 14. The number of phenolic OH excluding ortho intramolecular Hbond substituents is 1. The van der Waals surface area contributed by atoms with Gasteiger partial charge >= 0.3 is 0 Å². The molecule has 1 aromatic heterocycles. The van der Waals surface area contributed by atoms with Gasteiger partial charge < -0.3 is 63.8 Å². The van der Waals surface area contributed by atoms with Crippen molar-refractivity contribution in [1.82, 2.24) is 0 Å². The number of aromatic hydroxyl groups is 1. The van der Waals surface area contributed by atoms with Crippen molar-refractivity contribution in [2.24, 2.45) is 0 Å². The van der Waals surface area contributed by atoms with Crippen molar-refractivity contribution in [3.63, 3.8) is 0 Å². The predicted octanol–water partition coefficient (Wildman–Crippen LogP) is -0.795. The highest BCUT2D eigenvalue weighted by molar-refractivity contribution is 5.89. The molecule has 0 unspecified atom stereocenters. The van der Waals surface area contributed by atoms with Crippen molar-refractivity contribution >= 4 is 11.0 Å². The molecule has 0 radical (unpaired) electrons. The smallest absolute Gasteiger partial charge is 0.229 e. The van der Waals surface area contributed by atoms with E-state index in [0.29, 0.717) is 5.56 Å². The third-order valence-corrected chi connectivity index (χ3v) is 7.34. The molecule has 3 aromatic rings. The topological polar surface area (TPSA) is 218 Å². The average molecular weight is 593 g/mol. The zero-order chi connectivity index (χ0) is 30.3. The molecule has 14 nitrogen and oxygen atoms in total. The van der Waals surface area contributed by atoms with Crippen LogP contribution in [0.1, 0.15) is 6.92 Å². The molecule has 0 spiro atoms. The van der Waals surface area contributed by atoms with Crippen molar-refractivity contribution in [3.8, 4) is 28.6 Å². The molecule has 5 rings (SSSR count). The lowest BCUT2D eigenvalue weighted by atomic mass is 9.97. The van der Waals surface area contributed by atoms with Gasteiger partial charge in [0.15, 0.2) is 23.2 Å². The normalized spacial score (nSPS) is 33.4. The van der Waals surface area contributed by atoms with E-state index in [2.05, 4.69) is 0 Å². The minimum Gasteiger partial charge on any atom is -0.504 e. The molecule has 2 aliphatic rings. The molecule has 14 heteroatoms. The summed E-state index contributed by atoms with van der Waals surface area (Å²) in [5.74, 6) is -0.800. The number of phenols is 1. The number of rotatable bonds is 7. The number of hydrogen-bond donors (Lipinski definition) is 7. The van der Waals surface area contributed by atoms with Crippen molar-refractivity contribution in [2.45, 2.75) is 68.3 Å². The Kier molecular flexibility index (Phi) is 8.71. The van der Waals surface area contributed by atoms with Gasteiger partial charge in [0.25, 0.3) is 0 Å². The Bertz CT molecular complexity index is 1440. The van der Waals surface area contributed by atoms with Gasteiger partial charge in [0, 0.05) is 17.7 Å². The van der Waals surface area contributed by atoms with E-state index in [4.69, 9.17) is 28.1 Å². The monoisotopic (exact) mass is 592 g/mol. The van der Waals surface area contributed by atoms with Crippen LogP contribution in [0.5, 0.6) is 17.2 Å². The van der Waals surface area contributed by atoms with Gasteiger partial charge in [0.1, 0.15) is 59.5 Å². The molecular formula is C28H32O14. The van der Waals surface area contributed by atoms with Crippen LogP contribution in [0.2, 0.25) is 0 Å². The van der Waals surface area contributed by atoms with Gasteiger partial charge in [0.2, 0.25) is 12.0 Å². The standard InChI is InChI=1S/C28H32O14/c1-11-19(31)26(42-27-23(35)22(34)20(32)17(10-29)41-27)24(36)28(38-11)40-16-9-15-18(21(33)25(16)37-2)13(30)8-14(39-15)12-6-4-3-5-7-12/h3-9,11,17,19-20,22-24,26-29,31-36H,10H2,1-2H3/t11-,17+,19-,20+,22-,23+,24-,26+,27-,28-/m0/s1. The Morgan fingerprint density at radius 2 is 1.60 bits per heavy atom. The molecular weight excluding hydrogens is 560 g/mol. The molecule has 2 saturated heterocycles. The number of methoxy groups -OCH3 is 1. The molecule has 3 heterocycles. The van der Waals surface area contributed by atoms with Crippen molar-refractivity contribution in [1.29, 1.82) is 0 Å². The summed E-state index contributed by atoms with van der Waals surface area (Å²) in [6.45, 7) is 0.746. The van der Waals surface area contributed by atoms with Crippen molar-refractivity contribution in [3.05, 3.63) is 52.7 Å². The first-order valence-corrected chi connectivity index (χ1v) is 13.1. The first kappa shape index (κ1) is 30.2. The highest BCUT2D eigenvalue weighted by atomic mass is 16.7. The van der Waals surface area contributed by atoms with E-state index in [0.717, 1.165) is 0 Å². The summed E-state index contributed by atoms with van der Waals surface area (Å²) >= 11 is 0. The fraction of sp³-hybridized carbons (Fsp3) is 0.464. The van der Waals surface area contributed by atoms with E-state index in [-0.39, 0.29) is 28.2 Å². The summed E-state index contributed by atoms with van der Waals surface area (Å²) < 4.78 is 33.7. The van der Waals surface area contributed by atoms with Crippen molar-refractivity contribution < 1.29 is 63.8 Å². The van der Waals surface area contributed by atoms with Crippen LogP contribution >= 0.6 is 0 Å². The first-order valence-electron chi connectivity index (χ1n) is 13.1. The van der Waals surface area contributed by atoms with E-state index < -0.39 is 79.2 Å². The minimum absolute atomic E-state index is 0.0536. The average Bonchev–Trinajstić information content (AvgIpc) is 2.98. The van der Waals surface area contributed by atoms with Gasteiger partial charge in [-0.05, 0) is 6.92 Å². The second-order valence-electron chi connectivity index (χ2n) is 10.1. The summed E-state index contributed by atoms with van der Waals surface area (Å²) in [4.78, 5) is 12.9. The third kappa shape index (κ3) is 5.44. The van der Waals surface area contributed by atoms with Gasteiger partial charge in [-0.25, -0.2) is 0 Å². The van der Waals surface area contributed by atoms with Crippen LogP contribution in [-0.4, -0.2) is 111 Å². The van der Waals surface area contributed by atoms with Gasteiger partial charge in [-0.3, -0.25) is 4.79 Å². The Labute approximate surface area is 238 Å². The van der Waals surface area contributed by atoms with Crippen LogP contribution in [0.3, 0.4) is 0 Å². The van der Waals surface area contributed by atoms with E-state index >= 15 is 0 Å². The van der Waals surface area contributed by atoms with Gasteiger partial charge in [-0.2, -0.15) is 0 Å². The molecule has 2 fully saturated rings. The number of ether oxygens (including phenoxy) is 5. The Morgan fingerprint density at radius 1 is 0.881 bits per heavy atom. The zero-order valence-corrected chi connectivity index (χ0v) is 22.5. The molecule has 2 aliphatic heterocycles. The Hall–Kier alpha value is -3.31. The van der Waals surface area contributed by atoms with Crippen molar-refractivity contribution in [2.75, 3.05) is 13.7 Å². The molecule has 0 amide bonds. The number of benzene rings is 2. The molecule has 0 aliphatic carbocycles. The van der Waals surface area contributed by atoms with E-state index in [1.54, 1.807) is 30.3 Å². The van der Waals surface area contributed by atoms with Crippen LogP contribution in [0.4, 0.5) is 0 Å². The maximum Gasteiger partial charge on any atom is 0.229 e. The summed E-state index contributed by atoms with van der Waals surface area (Å²) in [5.41, 5.74) is 0.00889. The fourth-order valence-electron chi connectivity index (χ4n) is 5.01. The van der Waals surface area contributed by atoms with Crippen LogP contribution in [-0.2, 0) is 14.2 Å². The summed E-state index contributed by atoms with van der Waals surface area (Å²) in [5, 5.41) is 72.5.